The fourth-order valence-corrected chi connectivity index (χ4v) is 4.61. The summed E-state index contributed by atoms with van der Waals surface area (Å²) in [4.78, 5) is 33.3. The molecule has 0 radical (unpaired) electrons. The number of aromatic nitrogens is 2. The monoisotopic (exact) mass is 402 g/mol. The summed E-state index contributed by atoms with van der Waals surface area (Å²) in [7, 11) is 0. The number of fused-ring (bicyclic) bond motifs is 1. The van der Waals surface area contributed by atoms with Crippen molar-refractivity contribution in [1.29, 1.82) is 0 Å². The van der Waals surface area contributed by atoms with Gasteiger partial charge in [0.2, 0.25) is 11.8 Å². The number of benzene rings is 1. The first-order valence-electron chi connectivity index (χ1n) is 9.71. The van der Waals surface area contributed by atoms with Crippen LogP contribution in [0.4, 0.5) is 8.78 Å². The van der Waals surface area contributed by atoms with Crippen LogP contribution in [0.5, 0.6) is 0 Å². The lowest BCUT2D eigenvalue weighted by Gasteiger charge is -2.26. The van der Waals surface area contributed by atoms with Crippen molar-refractivity contribution in [3.8, 4) is 0 Å². The zero-order valence-corrected chi connectivity index (χ0v) is 15.9. The molecule has 0 N–H and O–H groups in total. The molecule has 1 aromatic carbocycles. The number of hydrogen-bond donors (Lipinski definition) is 0. The minimum Gasteiger partial charge on any atom is -0.341 e. The summed E-state index contributed by atoms with van der Waals surface area (Å²) in [6.07, 6.45) is 1.83. The molecule has 1 aliphatic carbocycles. The maximum Gasteiger partial charge on any atom is 0.256 e. The number of hydrogen-bond acceptors (Lipinski definition) is 5. The Morgan fingerprint density at radius 1 is 1.17 bits per heavy atom. The Morgan fingerprint density at radius 2 is 1.90 bits per heavy atom. The zero-order chi connectivity index (χ0) is 20.3. The van der Waals surface area contributed by atoms with Gasteiger partial charge in [-0.1, -0.05) is 5.16 Å². The lowest BCUT2D eigenvalue weighted by Crippen LogP contribution is -2.41. The largest absolute Gasteiger partial charge is 0.341 e. The first-order chi connectivity index (χ1) is 13.9. The van der Waals surface area contributed by atoms with Gasteiger partial charge in [-0.25, -0.2) is 8.78 Å². The van der Waals surface area contributed by atoms with Crippen molar-refractivity contribution in [3.05, 3.63) is 47.1 Å². The molecule has 2 amide bonds. The molecule has 0 unspecified atom stereocenters. The second kappa shape index (κ2) is 6.33. The van der Waals surface area contributed by atoms with E-state index in [1.165, 1.54) is 4.90 Å². The van der Waals surface area contributed by atoms with E-state index in [1.54, 1.807) is 6.92 Å². The highest BCUT2D eigenvalue weighted by molar-refractivity contribution is 5.95. The average Bonchev–Trinajstić information content (AvgIpc) is 3.19. The third kappa shape index (κ3) is 2.90. The summed E-state index contributed by atoms with van der Waals surface area (Å²) < 4.78 is 33.2. The quantitative estimate of drug-likeness (QED) is 0.784. The van der Waals surface area contributed by atoms with Crippen molar-refractivity contribution < 1.29 is 22.9 Å². The second-order valence-electron chi connectivity index (χ2n) is 8.30. The molecule has 2 aliphatic heterocycles. The number of amides is 2. The van der Waals surface area contributed by atoms with E-state index in [9.17, 15) is 18.4 Å². The Kier molecular flexibility index (Phi) is 3.97. The Hall–Kier alpha value is -2.84. The summed E-state index contributed by atoms with van der Waals surface area (Å²) in [6.45, 7) is 3.09. The van der Waals surface area contributed by atoms with Crippen molar-refractivity contribution in [2.24, 2.45) is 11.8 Å². The Bertz CT molecular complexity index is 1010. The molecule has 152 valence electrons. The molecular formula is C20H20F2N4O3. The maximum atomic E-state index is 14.1. The van der Waals surface area contributed by atoms with E-state index < -0.39 is 23.0 Å². The fraction of sp³-hybridized carbons (Fsp3) is 0.500. The van der Waals surface area contributed by atoms with Crippen LogP contribution in [0.3, 0.4) is 0 Å². The summed E-state index contributed by atoms with van der Waals surface area (Å²) in [6, 6.07) is 2.85. The second-order valence-corrected chi connectivity index (χ2v) is 8.30. The first kappa shape index (κ1) is 18.2. The van der Waals surface area contributed by atoms with Gasteiger partial charge in [-0.15, -0.1) is 0 Å². The van der Waals surface area contributed by atoms with E-state index in [0.717, 1.165) is 31.0 Å². The van der Waals surface area contributed by atoms with E-state index in [4.69, 9.17) is 4.52 Å². The highest BCUT2D eigenvalue weighted by atomic mass is 19.1. The van der Waals surface area contributed by atoms with Crippen molar-refractivity contribution in [2.75, 3.05) is 26.2 Å². The van der Waals surface area contributed by atoms with Crippen molar-refractivity contribution in [3.63, 3.8) is 0 Å². The molecule has 29 heavy (non-hydrogen) atoms. The molecule has 2 aromatic rings. The van der Waals surface area contributed by atoms with Gasteiger partial charge in [-0.05, 0) is 38.0 Å². The number of carbonyl (C=O) groups is 2. The number of likely N-dealkylation sites (tertiary alicyclic amines) is 2. The third-order valence-corrected chi connectivity index (χ3v) is 6.25. The van der Waals surface area contributed by atoms with Crippen LogP contribution in [0, 0.1) is 30.4 Å². The fourth-order valence-electron chi connectivity index (χ4n) is 4.61. The molecule has 2 saturated heterocycles. The van der Waals surface area contributed by atoms with Crippen LogP contribution in [-0.2, 0) is 10.2 Å². The van der Waals surface area contributed by atoms with Crippen LogP contribution in [0.2, 0.25) is 0 Å². The highest BCUT2D eigenvalue weighted by Gasteiger charge is 2.59. The van der Waals surface area contributed by atoms with E-state index in [-0.39, 0.29) is 29.9 Å². The van der Waals surface area contributed by atoms with Gasteiger partial charge in [0.05, 0.1) is 11.0 Å². The number of carbonyl (C=O) groups excluding carboxylic acids is 2. The highest BCUT2D eigenvalue weighted by Crippen LogP contribution is 2.46. The Balaban J connectivity index is 1.46. The van der Waals surface area contributed by atoms with Crippen LogP contribution in [0.15, 0.2) is 22.7 Å². The minimum absolute atomic E-state index is 0.0921. The van der Waals surface area contributed by atoms with Gasteiger partial charge in [0.1, 0.15) is 11.6 Å². The SMILES string of the molecule is Cc1noc([C@]23CN(C(=O)c4cc(F)ccc4F)C[C@H]2CN(C(=O)C2CC2)C3)n1. The number of halogens is 2. The number of aryl methyl sites for hydroxylation is 1. The van der Waals surface area contributed by atoms with Gasteiger partial charge in [0.15, 0.2) is 5.82 Å². The molecule has 2 atom stereocenters. The van der Waals surface area contributed by atoms with Gasteiger partial charge >= 0.3 is 0 Å². The molecule has 3 aliphatic rings. The van der Waals surface area contributed by atoms with Gasteiger partial charge in [0.25, 0.3) is 5.91 Å². The molecular weight excluding hydrogens is 382 g/mol. The van der Waals surface area contributed by atoms with Gasteiger partial charge in [-0.2, -0.15) is 4.98 Å². The predicted octanol–water partition coefficient (Wildman–Crippen LogP) is 1.92. The molecule has 0 spiro atoms. The normalized spacial score (nSPS) is 26.1. The van der Waals surface area contributed by atoms with Crippen LogP contribution in [0.1, 0.15) is 34.9 Å². The van der Waals surface area contributed by atoms with Gasteiger partial charge in [-0.3, -0.25) is 9.59 Å². The van der Waals surface area contributed by atoms with Crippen molar-refractivity contribution >= 4 is 11.8 Å². The van der Waals surface area contributed by atoms with Crippen molar-refractivity contribution in [1.82, 2.24) is 19.9 Å². The molecule has 5 rings (SSSR count). The Morgan fingerprint density at radius 3 is 2.59 bits per heavy atom. The third-order valence-electron chi connectivity index (χ3n) is 6.25. The lowest BCUT2D eigenvalue weighted by atomic mass is 9.81. The summed E-state index contributed by atoms with van der Waals surface area (Å²) >= 11 is 0. The van der Waals surface area contributed by atoms with E-state index >= 15 is 0 Å². The molecule has 1 aromatic heterocycles. The molecule has 3 heterocycles. The molecule has 3 fully saturated rings. The van der Waals surface area contributed by atoms with E-state index in [1.807, 2.05) is 4.90 Å². The van der Waals surface area contributed by atoms with E-state index in [2.05, 4.69) is 10.1 Å². The van der Waals surface area contributed by atoms with Crippen LogP contribution in [0.25, 0.3) is 0 Å². The topological polar surface area (TPSA) is 79.5 Å². The van der Waals surface area contributed by atoms with Gasteiger partial charge in [0, 0.05) is 38.0 Å². The molecule has 1 saturated carbocycles. The van der Waals surface area contributed by atoms with Crippen LogP contribution >= 0.6 is 0 Å². The zero-order valence-electron chi connectivity index (χ0n) is 15.9. The van der Waals surface area contributed by atoms with Crippen LogP contribution < -0.4 is 0 Å². The van der Waals surface area contributed by atoms with Crippen LogP contribution in [-0.4, -0.2) is 57.9 Å². The minimum atomic E-state index is -0.762. The van der Waals surface area contributed by atoms with Crippen molar-refractivity contribution in [2.45, 2.75) is 25.2 Å². The molecule has 0 bridgehead atoms. The molecule has 7 nitrogen and oxygen atoms in total. The summed E-state index contributed by atoms with van der Waals surface area (Å²) in [5.74, 6) is -1.03. The summed E-state index contributed by atoms with van der Waals surface area (Å²) in [5.41, 5.74) is -0.988. The first-order valence-corrected chi connectivity index (χ1v) is 9.71. The standard InChI is InChI=1S/C20H20F2N4O3/c1-11-23-19(29-24-11)20-9-25(17(27)12-2-3-12)7-13(20)8-26(10-20)18(28)15-6-14(21)4-5-16(15)22/h4-6,12-13H,2-3,7-10H2,1H3/t13-,20-/m1/s1. The lowest BCUT2D eigenvalue weighted by molar-refractivity contribution is -0.131. The number of rotatable bonds is 3. The Labute approximate surface area is 165 Å². The maximum absolute atomic E-state index is 14.1. The van der Waals surface area contributed by atoms with Gasteiger partial charge < -0.3 is 14.3 Å². The summed E-state index contributed by atoms with van der Waals surface area (Å²) in [5, 5.41) is 3.88. The smallest absolute Gasteiger partial charge is 0.256 e. The average molecular weight is 402 g/mol. The number of nitrogens with zero attached hydrogens (tertiary/aromatic N) is 4. The predicted molar refractivity (Wildman–Crippen MR) is 95.8 cm³/mol. The van der Waals surface area contributed by atoms with E-state index in [0.29, 0.717) is 31.3 Å². The molecule has 9 heteroatoms.